The van der Waals surface area contributed by atoms with E-state index < -0.39 is 6.04 Å². The highest BCUT2D eigenvalue weighted by Crippen LogP contribution is 2.24. The van der Waals surface area contributed by atoms with Crippen molar-refractivity contribution in [2.75, 3.05) is 13.1 Å². The van der Waals surface area contributed by atoms with Crippen LogP contribution in [0.2, 0.25) is 0 Å². The molecular formula is C19H31ClN4O2. The zero-order chi connectivity index (χ0) is 18.4. The van der Waals surface area contributed by atoms with E-state index in [1.165, 1.54) is 0 Å². The van der Waals surface area contributed by atoms with E-state index >= 15 is 0 Å². The van der Waals surface area contributed by atoms with Crippen molar-refractivity contribution in [2.24, 2.45) is 17.6 Å². The number of benzene rings is 1. The normalized spacial score (nSPS) is 20.4. The SMILES string of the molecule is CC(C)C(NC(=O)NCc1ccccc1)C(=O)N1CC(CN)CC1C.Cl. The summed E-state index contributed by atoms with van der Waals surface area (Å²) >= 11 is 0. The molecule has 3 unspecified atom stereocenters. The maximum Gasteiger partial charge on any atom is 0.315 e. The Morgan fingerprint density at radius 3 is 2.46 bits per heavy atom. The van der Waals surface area contributed by atoms with Gasteiger partial charge in [0.2, 0.25) is 5.91 Å². The average Bonchev–Trinajstić information content (AvgIpc) is 2.99. The number of halogens is 1. The predicted octanol–water partition coefficient (Wildman–Crippen LogP) is 2.13. The predicted molar refractivity (Wildman–Crippen MR) is 106 cm³/mol. The first-order valence-corrected chi connectivity index (χ1v) is 9.01. The molecule has 1 fully saturated rings. The van der Waals surface area contributed by atoms with E-state index in [2.05, 4.69) is 10.6 Å². The van der Waals surface area contributed by atoms with Crippen LogP contribution in [0.15, 0.2) is 30.3 Å². The van der Waals surface area contributed by atoms with Crippen LogP contribution < -0.4 is 16.4 Å². The smallest absolute Gasteiger partial charge is 0.315 e. The minimum absolute atomic E-state index is 0. The molecule has 0 saturated carbocycles. The Balaban J connectivity index is 0.00000338. The van der Waals surface area contributed by atoms with Crippen molar-refractivity contribution in [1.82, 2.24) is 15.5 Å². The first kappa shape index (κ1) is 22.3. The quantitative estimate of drug-likeness (QED) is 0.704. The molecule has 0 aromatic heterocycles. The van der Waals surface area contributed by atoms with Crippen molar-refractivity contribution >= 4 is 24.3 Å². The third kappa shape index (κ3) is 5.88. The standard InChI is InChI=1S/C19H30N4O2.ClH/c1-13(2)17(18(24)23-12-16(10-20)9-14(23)3)22-19(25)21-11-15-7-5-4-6-8-15;/h4-8,13-14,16-17H,9-12,20H2,1-3H3,(H2,21,22,25);1H. The number of hydrogen-bond donors (Lipinski definition) is 3. The maximum absolute atomic E-state index is 12.9. The van der Waals surface area contributed by atoms with E-state index in [0.717, 1.165) is 12.0 Å². The van der Waals surface area contributed by atoms with Gasteiger partial charge in [-0.2, -0.15) is 0 Å². The Bertz CT molecular complexity index is 582. The number of carbonyl (C=O) groups excluding carboxylic acids is 2. The summed E-state index contributed by atoms with van der Waals surface area (Å²) < 4.78 is 0. The lowest BCUT2D eigenvalue weighted by Gasteiger charge is -2.29. The number of likely N-dealkylation sites (tertiary alicyclic amines) is 1. The van der Waals surface area contributed by atoms with Crippen LogP contribution in [-0.4, -0.2) is 42.0 Å². The topological polar surface area (TPSA) is 87.5 Å². The highest BCUT2D eigenvalue weighted by molar-refractivity contribution is 5.87. The van der Waals surface area contributed by atoms with Gasteiger partial charge in [0.15, 0.2) is 0 Å². The summed E-state index contributed by atoms with van der Waals surface area (Å²) in [4.78, 5) is 27.0. The first-order valence-electron chi connectivity index (χ1n) is 9.01. The summed E-state index contributed by atoms with van der Waals surface area (Å²) in [5, 5.41) is 5.66. The molecule has 6 nitrogen and oxygen atoms in total. The summed E-state index contributed by atoms with van der Waals surface area (Å²) in [6, 6.07) is 9.00. The van der Waals surface area contributed by atoms with Crippen LogP contribution in [0.5, 0.6) is 0 Å². The molecule has 1 aliphatic heterocycles. The van der Waals surface area contributed by atoms with Crippen molar-refractivity contribution in [2.45, 2.75) is 45.8 Å². The highest BCUT2D eigenvalue weighted by Gasteiger charge is 2.36. The molecule has 4 N–H and O–H groups in total. The van der Waals surface area contributed by atoms with Gasteiger partial charge in [-0.15, -0.1) is 12.4 Å². The second kappa shape index (κ2) is 10.4. The molecule has 7 heteroatoms. The first-order chi connectivity index (χ1) is 11.9. The Kier molecular flexibility index (Phi) is 8.88. The summed E-state index contributed by atoms with van der Waals surface area (Å²) in [7, 11) is 0. The van der Waals surface area contributed by atoms with Crippen molar-refractivity contribution in [3.63, 3.8) is 0 Å². The average molecular weight is 383 g/mol. The van der Waals surface area contributed by atoms with E-state index in [1.807, 2.05) is 56.0 Å². The second-order valence-corrected chi connectivity index (χ2v) is 7.21. The lowest BCUT2D eigenvalue weighted by Crippen LogP contribution is -2.54. The van der Waals surface area contributed by atoms with Crippen LogP contribution in [0.25, 0.3) is 0 Å². The Labute approximate surface area is 162 Å². The molecule has 1 aliphatic rings. The van der Waals surface area contributed by atoms with E-state index in [1.54, 1.807) is 0 Å². The number of rotatable bonds is 6. The van der Waals surface area contributed by atoms with Gasteiger partial charge in [-0.3, -0.25) is 4.79 Å². The summed E-state index contributed by atoms with van der Waals surface area (Å²) in [5.74, 6) is 0.339. The fourth-order valence-corrected chi connectivity index (χ4v) is 3.28. The zero-order valence-electron chi connectivity index (χ0n) is 15.8. The van der Waals surface area contributed by atoms with Crippen molar-refractivity contribution in [3.8, 4) is 0 Å². The summed E-state index contributed by atoms with van der Waals surface area (Å²) in [6.45, 7) is 7.63. The monoisotopic (exact) mass is 382 g/mol. The van der Waals surface area contributed by atoms with Gasteiger partial charge in [0.25, 0.3) is 0 Å². The lowest BCUT2D eigenvalue weighted by molar-refractivity contribution is -0.134. The lowest BCUT2D eigenvalue weighted by atomic mass is 10.0. The third-order valence-electron chi connectivity index (χ3n) is 4.79. The number of amides is 3. The Hall–Kier alpha value is -1.79. The van der Waals surface area contributed by atoms with Gasteiger partial charge in [0.1, 0.15) is 6.04 Å². The highest BCUT2D eigenvalue weighted by atomic mass is 35.5. The molecule has 2 rings (SSSR count). The number of nitrogens with two attached hydrogens (primary N) is 1. The molecular weight excluding hydrogens is 352 g/mol. The van der Waals surface area contributed by atoms with Crippen molar-refractivity contribution in [3.05, 3.63) is 35.9 Å². The van der Waals surface area contributed by atoms with Gasteiger partial charge < -0.3 is 21.3 Å². The van der Waals surface area contributed by atoms with E-state index in [4.69, 9.17) is 5.73 Å². The molecule has 0 radical (unpaired) electrons. The van der Waals surface area contributed by atoms with Gasteiger partial charge in [0.05, 0.1) is 0 Å². The molecule has 1 heterocycles. The Morgan fingerprint density at radius 1 is 1.27 bits per heavy atom. The molecule has 0 spiro atoms. The van der Waals surface area contributed by atoms with E-state index in [0.29, 0.717) is 25.6 Å². The second-order valence-electron chi connectivity index (χ2n) is 7.21. The summed E-state index contributed by atoms with van der Waals surface area (Å²) in [5.41, 5.74) is 6.77. The Morgan fingerprint density at radius 2 is 1.92 bits per heavy atom. The number of urea groups is 1. The molecule has 1 aromatic carbocycles. The molecule has 0 bridgehead atoms. The van der Waals surface area contributed by atoms with Crippen LogP contribution in [0.4, 0.5) is 4.79 Å². The molecule has 1 saturated heterocycles. The fraction of sp³-hybridized carbons (Fsp3) is 0.579. The maximum atomic E-state index is 12.9. The minimum atomic E-state index is -0.533. The van der Waals surface area contributed by atoms with Crippen molar-refractivity contribution in [1.29, 1.82) is 0 Å². The number of nitrogens with one attached hydrogen (secondary N) is 2. The number of hydrogen-bond acceptors (Lipinski definition) is 3. The van der Waals surface area contributed by atoms with Gasteiger partial charge >= 0.3 is 6.03 Å². The van der Waals surface area contributed by atoms with E-state index in [9.17, 15) is 9.59 Å². The molecule has 3 atom stereocenters. The number of carbonyl (C=O) groups is 2. The van der Waals surface area contributed by atoms with Gasteiger partial charge in [-0.25, -0.2) is 4.79 Å². The van der Waals surface area contributed by atoms with Crippen LogP contribution in [-0.2, 0) is 11.3 Å². The van der Waals surface area contributed by atoms with Gasteiger partial charge in [-0.1, -0.05) is 44.2 Å². The molecule has 146 valence electrons. The van der Waals surface area contributed by atoms with Crippen LogP contribution in [0, 0.1) is 11.8 Å². The molecule has 3 amide bonds. The third-order valence-corrected chi connectivity index (χ3v) is 4.79. The minimum Gasteiger partial charge on any atom is -0.338 e. The fourth-order valence-electron chi connectivity index (χ4n) is 3.28. The van der Waals surface area contributed by atoms with Crippen LogP contribution >= 0.6 is 12.4 Å². The van der Waals surface area contributed by atoms with E-state index in [-0.39, 0.29) is 36.3 Å². The van der Waals surface area contributed by atoms with Gasteiger partial charge in [-0.05, 0) is 37.3 Å². The number of nitrogens with zero attached hydrogens (tertiary/aromatic N) is 1. The largest absolute Gasteiger partial charge is 0.338 e. The van der Waals surface area contributed by atoms with Crippen molar-refractivity contribution < 1.29 is 9.59 Å². The molecule has 1 aromatic rings. The molecule has 0 aliphatic carbocycles. The zero-order valence-corrected chi connectivity index (χ0v) is 16.6. The molecule has 26 heavy (non-hydrogen) atoms. The van der Waals surface area contributed by atoms with Crippen LogP contribution in [0.1, 0.15) is 32.8 Å². The van der Waals surface area contributed by atoms with Crippen LogP contribution in [0.3, 0.4) is 0 Å². The van der Waals surface area contributed by atoms with Gasteiger partial charge in [0, 0.05) is 19.1 Å². The summed E-state index contributed by atoms with van der Waals surface area (Å²) in [6.07, 6.45) is 0.924.